The molecule has 0 radical (unpaired) electrons. The first-order valence-electron chi connectivity index (χ1n) is 5.82. The van der Waals surface area contributed by atoms with E-state index in [1.54, 1.807) is 0 Å². The molecule has 0 saturated carbocycles. The molecule has 3 heterocycles. The van der Waals surface area contributed by atoms with Gasteiger partial charge in [0.05, 0.1) is 5.69 Å². The molecule has 2 aliphatic rings. The smallest absolute Gasteiger partial charge is 0.327 e. The fourth-order valence-electron chi connectivity index (χ4n) is 2.52. The van der Waals surface area contributed by atoms with Crippen LogP contribution in [0.15, 0.2) is 10.9 Å². The van der Waals surface area contributed by atoms with Gasteiger partial charge >= 0.3 is 5.69 Å². The van der Waals surface area contributed by atoms with E-state index < -0.39 is 0 Å². The van der Waals surface area contributed by atoms with Crippen LogP contribution in [-0.2, 0) is 0 Å². The zero-order chi connectivity index (χ0) is 11.0. The lowest BCUT2D eigenvalue weighted by molar-refractivity contribution is 0.360. The number of rotatable bonds is 1. The Kier molecular flexibility index (Phi) is 2.32. The van der Waals surface area contributed by atoms with Gasteiger partial charge in [0.2, 0.25) is 0 Å². The quantitative estimate of drug-likeness (QED) is 0.647. The number of piperidine rings is 1. The average Bonchev–Trinajstić information content (AvgIpc) is 2.66. The monoisotopic (exact) mass is 220 g/mol. The summed E-state index contributed by atoms with van der Waals surface area (Å²) in [4.78, 5) is 14.8. The van der Waals surface area contributed by atoms with Crippen molar-refractivity contribution in [3.05, 3.63) is 22.3 Å². The summed E-state index contributed by atoms with van der Waals surface area (Å²) < 4.78 is 1.90. The highest BCUT2D eigenvalue weighted by atomic mass is 16.1. The summed E-state index contributed by atoms with van der Waals surface area (Å²) in [6, 6.07) is 0.332. The number of aromatic amines is 1. The maximum atomic E-state index is 11.9. The lowest BCUT2D eigenvalue weighted by atomic mass is 10.1. The second-order valence-electron chi connectivity index (χ2n) is 4.32. The Hall–Kier alpha value is -1.49. The molecule has 5 heteroatoms. The number of hydrogen-bond acceptors (Lipinski definition) is 3. The SMILES string of the molecule is O=c1[nH]c2c(n1C1CCNCC1)C=CCN2. The van der Waals surface area contributed by atoms with Crippen LogP contribution in [0.4, 0.5) is 5.82 Å². The molecular weight excluding hydrogens is 204 g/mol. The van der Waals surface area contributed by atoms with Gasteiger partial charge in [0.15, 0.2) is 0 Å². The van der Waals surface area contributed by atoms with Crippen molar-refractivity contribution in [1.82, 2.24) is 14.9 Å². The van der Waals surface area contributed by atoms with Crippen molar-refractivity contribution in [2.24, 2.45) is 0 Å². The molecule has 0 aliphatic carbocycles. The first kappa shape index (κ1) is 9.72. The third-order valence-electron chi connectivity index (χ3n) is 3.31. The topological polar surface area (TPSA) is 61.9 Å². The minimum absolute atomic E-state index is 0.0101. The molecule has 1 saturated heterocycles. The third kappa shape index (κ3) is 1.48. The van der Waals surface area contributed by atoms with Crippen LogP contribution < -0.4 is 16.3 Å². The van der Waals surface area contributed by atoms with Gasteiger partial charge in [-0.3, -0.25) is 9.55 Å². The van der Waals surface area contributed by atoms with E-state index in [1.165, 1.54) is 0 Å². The molecule has 1 aromatic heterocycles. The van der Waals surface area contributed by atoms with E-state index in [0.717, 1.165) is 44.0 Å². The predicted molar refractivity (Wildman–Crippen MR) is 63.7 cm³/mol. The molecule has 0 aromatic carbocycles. The Bertz CT molecular complexity index is 465. The fourth-order valence-corrected chi connectivity index (χ4v) is 2.52. The van der Waals surface area contributed by atoms with Gasteiger partial charge in [-0.25, -0.2) is 4.79 Å². The number of imidazole rings is 1. The van der Waals surface area contributed by atoms with E-state index in [9.17, 15) is 4.79 Å². The molecule has 0 bridgehead atoms. The van der Waals surface area contributed by atoms with E-state index in [1.807, 2.05) is 16.7 Å². The normalized spacial score (nSPS) is 20.5. The van der Waals surface area contributed by atoms with Gasteiger partial charge in [0, 0.05) is 12.6 Å². The predicted octanol–water partition coefficient (Wildman–Crippen LogP) is 0.540. The van der Waals surface area contributed by atoms with Crippen molar-refractivity contribution in [2.45, 2.75) is 18.9 Å². The van der Waals surface area contributed by atoms with Crippen LogP contribution in [0.3, 0.4) is 0 Å². The van der Waals surface area contributed by atoms with Crippen LogP contribution in [0.5, 0.6) is 0 Å². The lowest BCUT2D eigenvalue weighted by Gasteiger charge is -2.24. The molecule has 0 spiro atoms. The summed E-state index contributed by atoms with van der Waals surface area (Å²) in [5, 5.41) is 6.50. The van der Waals surface area contributed by atoms with Crippen molar-refractivity contribution in [3.63, 3.8) is 0 Å². The Morgan fingerprint density at radius 1 is 1.31 bits per heavy atom. The van der Waals surface area contributed by atoms with Gasteiger partial charge in [-0.15, -0.1) is 0 Å². The summed E-state index contributed by atoms with van der Waals surface area (Å²) in [5.74, 6) is 0.867. The maximum Gasteiger partial charge on any atom is 0.327 e. The van der Waals surface area contributed by atoms with Crippen LogP contribution >= 0.6 is 0 Å². The molecule has 2 aliphatic heterocycles. The van der Waals surface area contributed by atoms with Crippen LogP contribution in [-0.4, -0.2) is 29.2 Å². The third-order valence-corrected chi connectivity index (χ3v) is 3.31. The zero-order valence-electron chi connectivity index (χ0n) is 9.12. The van der Waals surface area contributed by atoms with Gasteiger partial charge in [-0.2, -0.15) is 0 Å². The van der Waals surface area contributed by atoms with E-state index in [4.69, 9.17) is 0 Å². The second-order valence-corrected chi connectivity index (χ2v) is 4.32. The maximum absolute atomic E-state index is 11.9. The Morgan fingerprint density at radius 3 is 2.94 bits per heavy atom. The number of nitrogens with zero attached hydrogens (tertiary/aromatic N) is 1. The summed E-state index contributed by atoms with van der Waals surface area (Å²) in [6.45, 7) is 2.78. The first-order chi connectivity index (χ1) is 7.86. The van der Waals surface area contributed by atoms with Crippen LogP contribution in [0.25, 0.3) is 6.08 Å². The van der Waals surface area contributed by atoms with Crippen molar-refractivity contribution in [1.29, 1.82) is 0 Å². The first-order valence-corrected chi connectivity index (χ1v) is 5.82. The Balaban J connectivity index is 2.03. The number of H-pyrrole nitrogens is 1. The van der Waals surface area contributed by atoms with Crippen molar-refractivity contribution >= 4 is 11.9 Å². The summed E-state index contributed by atoms with van der Waals surface area (Å²) in [6.07, 6.45) is 6.13. The van der Waals surface area contributed by atoms with Crippen LogP contribution in [0, 0.1) is 0 Å². The summed E-state index contributed by atoms with van der Waals surface area (Å²) in [7, 11) is 0. The molecule has 0 unspecified atom stereocenters. The second kappa shape index (κ2) is 3.83. The number of hydrogen-bond donors (Lipinski definition) is 3. The Morgan fingerprint density at radius 2 is 2.12 bits per heavy atom. The Labute approximate surface area is 93.5 Å². The van der Waals surface area contributed by atoms with Gasteiger partial charge in [-0.1, -0.05) is 6.08 Å². The lowest BCUT2D eigenvalue weighted by Crippen LogP contribution is -2.33. The molecule has 1 aromatic rings. The molecule has 0 atom stereocenters. The van der Waals surface area contributed by atoms with Gasteiger partial charge in [0.1, 0.15) is 5.82 Å². The minimum atomic E-state index is 0.0101. The fraction of sp³-hybridized carbons (Fsp3) is 0.545. The van der Waals surface area contributed by atoms with E-state index in [2.05, 4.69) is 15.6 Å². The molecular formula is C11H16N4O. The minimum Gasteiger partial charge on any atom is -0.366 e. The molecule has 3 rings (SSSR count). The molecule has 5 nitrogen and oxygen atoms in total. The molecule has 0 amide bonds. The average molecular weight is 220 g/mol. The van der Waals surface area contributed by atoms with Crippen molar-refractivity contribution in [3.8, 4) is 0 Å². The highest BCUT2D eigenvalue weighted by Crippen LogP contribution is 2.24. The zero-order valence-corrected chi connectivity index (χ0v) is 9.12. The standard InChI is InChI=1S/C11H16N4O/c16-11-14-10-9(2-1-5-13-10)15(11)8-3-6-12-7-4-8/h1-2,8,12-13H,3-7H2,(H,14,16). The van der Waals surface area contributed by atoms with Crippen molar-refractivity contribution in [2.75, 3.05) is 25.0 Å². The van der Waals surface area contributed by atoms with Gasteiger partial charge in [-0.05, 0) is 32.0 Å². The highest BCUT2D eigenvalue weighted by Gasteiger charge is 2.22. The van der Waals surface area contributed by atoms with Crippen LogP contribution in [0.1, 0.15) is 24.6 Å². The molecule has 3 N–H and O–H groups in total. The van der Waals surface area contributed by atoms with E-state index >= 15 is 0 Å². The highest BCUT2D eigenvalue weighted by molar-refractivity contribution is 5.64. The van der Waals surface area contributed by atoms with E-state index in [0.29, 0.717) is 6.04 Å². The van der Waals surface area contributed by atoms with Gasteiger partial charge in [0.25, 0.3) is 0 Å². The van der Waals surface area contributed by atoms with Crippen molar-refractivity contribution < 1.29 is 0 Å². The number of fused-ring (bicyclic) bond motifs is 1. The summed E-state index contributed by atoms with van der Waals surface area (Å²) >= 11 is 0. The molecule has 1 fully saturated rings. The number of aromatic nitrogens is 2. The molecule has 86 valence electrons. The molecule has 16 heavy (non-hydrogen) atoms. The number of nitrogens with one attached hydrogen (secondary N) is 3. The van der Waals surface area contributed by atoms with Crippen LogP contribution in [0.2, 0.25) is 0 Å². The van der Waals surface area contributed by atoms with E-state index in [-0.39, 0.29) is 5.69 Å². The van der Waals surface area contributed by atoms with Gasteiger partial charge < -0.3 is 10.6 Å². The number of anilines is 1. The largest absolute Gasteiger partial charge is 0.366 e. The summed E-state index contributed by atoms with van der Waals surface area (Å²) in [5.41, 5.74) is 1.01.